The van der Waals surface area contributed by atoms with Crippen molar-refractivity contribution in [3.63, 3.8) is 0 Å². The minimum absolute atomic E-state index is 0.0324. The van der Waals surface area contributed by atoms with E-state index < -0.39 is 10.8 Å². The monoisotopic (exact) mass is 345 g/mol. The van der Waals surface area contributed by atoms with Crippen molar-refractivity contribution >= 4 is 28.1 Å². The number of benzene rings is 1. The zero-order valence-corrected chi connectivity index (χ0v) is 13.0. The Bertz CT molecular complexity index is 860. The first-order valence-electron chi connectivity index (χ1n) is 6.79. The molecule has 2 heterocycles. The van der Waals surface area contributed by atoms with Crippen LogP contribution in [0, 0.1) is 10.1 Å². The first kappa shape index (κ1) is 15.7. The van der Waals surface area contributed by atoms with Gasteiger partial charge in [-0.25, -0.2) is 4.98 Å². The second kappa shape index (κ2) is 6.92. The summed E-state index contributed by atoms with van der Waals surface area (Å²) < 4.78 is 10.8. The molecule has 0 radical (unpaired) electrons. The highest BCUT2D eigenvalue weighted by Crippen LogP contribution is 2.27. The van der Waals surface area contributed by atoms with Crippen LogP contribution in [0.3, 0.4) is 0 Å². The number of anilines is 1. The number of hydrogen-bond acceptors (Lipinski definition) is 7. The van der Waals surface area contributed by atoms with Crippen molar-refractivity contribution in [2.24, 2.45) is 0 Å². The number of nitrogens with zero attached hydrogens (tertiary/aromatic N) is 2. The SMILES string of the molecule is O=C(Nc1nccs1)c1ccc(COc2ccccc2[N+](=O)[O-])o1. The van der Waals surface area contributed by atoms with E-state index in [4.69, 9.17) is 9.15 Å². The third kappa shape index (κ3) is 3.58. The number of thiazole rings is 1. The van der Waals surface area contributed by atoms with Gasteiger partial charge >= 0.3 is 5.69 Å². The molecule has 24 heavy (non-hydrogen) atoms. The lowest BCUT2D eigenvalue weighted by molar-refractivity contribution is -0.386. The molecular formula is C15H11N3O5S. The number of nitrogens with one attached hydrogen (secondary N) is 1. The molecule has 0 bridgehead atoms. The molecule has 0 unspecified atom stereocenters. The summed E-state index contributed by atoms with van der Waals surface area (Å²) in [5.41, 5.74) is -0.134. The molecule has 0 fully saturated rings. The van der Waals surface area contributed by atoms with Crippen LogP contribution in [0.1, 0.15) is 16.3 Å². The number of nitro groups is 1. The Morgan fingerprint density at radius 2 is 2.17 bits per heavy atom. The molecule has 9 heteroatoms. The molecule has 0 aliphatic heterocycles. The number of hydrogen-bond donors (Lipinski definition) is 1. The Morgan fingerprint density at radius 1 is 1.33 bits per heavy atom. The standard InChI is InChI=1S/C15H11N3O5S/c19-14(17-15-16-7-8-24-15)13-6-5-10(23-13)9-22-12-4-2-1-3-11(12)18(20)21/h1-8H,9H2,(H,16,17,19). The van der Waals surface area contributed by atoms with Crippen LogP contribution in [-0.2, 0) is 6.61 Å². The quantitative estimate of drug-likeness (QED) is 0.541. The van der Waals surface area contributed by atoms with Gasteiger partial charge in [-0.05, 0) is 18.2 Å². The molecule has 0 saturated carbocycles. The minimum Gasteiger partial charge on any atom is -0.479 e. The van der Waals surface area contributed by atoms with Gasteiger partial charge in [-0.1, -0.05) is 12.1 Å². The molecule has 0 aliphatic rings. The number of carbonyl (C=O) groups is 1. The molecule has 2 aromatic heterocycles. The maximum absolute atomic E-state index is 12.0. The van der Waals surface area contributed by atoms with E-state index in [1.54, 1.807) is 29.8 Å². The molecular weight excluding hydrogens is 334 g/mol. The van der Waals surface area contributed by atoms with Gasteiger partial charge in [0.2, 0.25) is 0 Å². The normalized spacial score (nSPS) is 10.3. The fourth-order valence-electron chi connectivity index (χ4n) is 1.90. The van der Waals surface area contributed by atoms with Crippen molar-refractivity contribution in [1.82, 2.24) is 4.98 Å². The van der Waals surface area contributed by atoms with E-state index in [0.717, 1.165) is 0 Å². The second-order valence-electron chi connectivity index (χ2n) is 4.57. The summed E-state index contributed by atoms with van der Waals surface area (Å²) in [7, 11) is 0. The van der Waals surface area contributed by atoms with Gasteiger partial charge in [0.1, 0.15) is 12.4 Å². The van der Waals surface area contributed by atoms with E-state index >= 15 is 0 Å². The van der Waals surface area contributed by atoms with Crippen LogP contribution in [0.15, 0.2) is 52.4 Å². The Hall–Kier alpha value is -3.20. The number of amides is 1. The van der Waals surface area contributed by atoms with Crippen LogP contribution in [-0.4, -0.2) is 15.8 Å². The predicted octanol–water partition coefficient (Wildman–Crippen LogP) is 3.48. The molecule has 3 aromatic rings. The van der Waals surface area contributed by atoms with Crippen molar-refractivity contribution in [3.05, 3.63) is 69.6 Å². The highest BCUT2D eigenvalue weighted by atomic mass is 32.1. The Balaban J connectivity index is 1.64. The Labute approximate surface area is 139 Å². The molecule has 8 nitrogen and oxygen atoms in total. The summed E-state index contributed by atoms with van der Waals surface area (Å²) in [5, 5.41) is 15.7. The van der Waals surface area contributed by atoms with E-state index in [1.165, 1.54) is 29.5 Å². The number of aromatic nitrogens is 1. The van der Waals surface area contributed by atoms with Crippen LogP contribution in [0.25, 0.3) is 0 Å². The van der Waals surface area contributed by atoms with Crippen molar-refractivity contribution < 1.29 is 18.9 Å². The molecule has 1 amide bonds. The van der Waals surface area contributed by atoms with Crippen LogP contribution in [0.2, 0.25) is 0 Å². The van der Waals surface area contributed by atoms with Gasteiger partial charge in [0, 0.05) is 17.6 Å². The van der Waals surface area contributed by atoms with Crippen molar-refractivity contribution in [2.75, 3.05) is 5.32 Å². The van der Waals surface area contributed by atoms with E-state index in [9.17, 15) is 14.9 Å². The van der Waals surface area contributed by atoms with Gasteiger partial charge in [0.05, 0.1) is 4.92 Å². The van der Waals surface area contributed by atoms with Gasteiger partial charge in [-0.15, -0.1) is 11.3 Å². The van der Waals surface area contributed by atoms with E-state index in [1.807, 2.05) is 0 Å². The lowest BCUT2D eigenvalue weighted by Crippen LogP contribution is -2.10. The van der Waals surface area contributed by atoms with Gasteiger partial charge < -0.3 is 9.15 Å². The molecule has 0 spiro atoms. The number of rotatable bonds is 6. The molecule has 1 N–H and O–H groups in total. The summed E-state index contributed by atoms with van der Waals surface area (Å²) in [5.74, 6) is 0.179. The van der Waals surface area contributed by atoms with Crippen molar-refractivity contribution in [1.29, 1.82) is 0 Å². The van der Waals surface area contributed by atoms with Gasteiger partial charge in [-0.2, -0.15) is 0 Å². The summed E-state index contributed by atoms with van der Waals surface area (Å²) in [6, 6.07) is 9.12. The molecule has 122 valence electrons. The van der Waals surface area contributed by atoms with E-state index in [0.29, 0.717) is 10.9 Å². The fourth-order valence-corrected chi connectivity index (χ4v) is 2.42. The lowest BCUT2D eigenvalue weighted by Gasteiger charge is -2.04. The lowest BCUT2D eigenvalue weighted by atomic mass is 10.3. The van der Waals surface area contributed by atoms with Crippen LogP contribution < -0.4 is 10.1 Å². The number of ether oxygens (including phenoxy) is 1. The average Bonchev–Trinajstić information content (AvgIpc) is 3.24. The van der Waals surface area contributed by atoms with Gasteiger partial charge in [0.15, 0.2) is 16.6 Å². The number of nitro benzene ring substituents is 1. The molecule has 0 atom stereocenters. The van der Waals surface area contributed by atoms with E-state index in [-0.39, 0.29) is 23.8 Å². The van der Waals surface area contributed by atoms with Crippen LogP contribution in [0.4, 0.5) is 10.8 Å². The summed E-state index contributed by atoms with van der Waals surface area (Å²) in [6.45, 7) is -0.0324. The minimum atomic E-state index is -0.523. The molecule has 3 rings (SSSR count). The maximum atomic E-state index is 12.0. The summed E-state index contributed by atoms with van der Waals surface area (Å²) in [4.78, 5) is 26.3. The fraction of sp³-hybridized carbons (Fsp3) is 0.0667. The second-order valence-corrected chi connectivity index (χ2v) is 5.47. The third-order valence-corrected chi connectivity index (χ3v) is 3.66. The molecule has 0 saturated heterocycles. The molecule has 1 aromatic carbocycles. The van der Waals surface area contributed by atoms with Crippen LogP contribution in [0.5, 0.6) is 5.75 Å². The number of para-hydroxylation sites is 2. The zero-order chi connectivity index (χ0) is 16.9. The summed E-state index contributed by atoms with van der Waals surface area (Å²) in [6.07, 6.45) is 1.58. The summed E-state index contributed by atoms with van der Waals surface area (Å²) >= 11 is 1.29. The highest BCUT2D eigenvalue weighted by molar-refractivity contribution is 7.13. The highest BCUT2D eigenvalue weighted by Gasteiger charge is 2.16. The largest absolute Gasteiger partial charge is 0.479 e. The average molecular weight is 345 g/mol. The Kier molecular flexibility index (Phi) is 4.52. The Morgan fingerprint density at radius 3 is 2.92 bits per heavy atom. The molecule has 0 aliphatic carbocycles. The predicted molar refractivity (Wildman–Crippen MR) is 86.2 cm³/mol. The first-order chi connectivity index (χ1) is 11.6. The van der Waals surface area contributed by atoms with Crippen molar-refractivity contribution in [3.8, 4) is 5.75 Å². The maximum Gasteiger partial charge on any atom is 0.310 e. The number of furan rings is 1. The first-order valence-corrected chi connectivity index (χ1v) is 7.67. The topological polar surface area (TPSA) is 108 Å². The third-order valence-electron chi connectivity index (χ3n) is 2.97. The smallest absolute Gasteiger partial charge is 0.310 e. The van der Waals surface area contributed by atoms with E-state index in [2.05, 4.69) is 10.3 Å². The number of carbonyl (C=O) groups excluding carboxylic acids is 1. The van der Waals surface area contributed by atoms with Gasteiger partial charge in [0.25, 0.3) is 5.91 Å². The van der Waals surface area contributed by atoms with Gasteiger partial charge in [-0.3, -0.25) is 20.2 Å². The van der Waals surface area contributed by atoms with Crippen molar-refractivity contribution in [2.45, 2.75) is 6.61 Å². The zero-order valence-electron chi connectivity index (χ0n) is 12.2. The van der Waals surface area contributed by atoms with Crippen LogP contribution >= 0.6 is 11.3 Å².